The van der Waals surface area contributed by atoms with Gasteiger partial charge in [-0.25, -0.2) is 4.79 Å². The Kier molecular flexibility index (Phi) is 5.84. The standard InChI is InChI=1S/C24H24N2O5/c1-25(17-8-4-2-5-9-17)21(27)15-31-24(30)16-12-13-19-20(14-16)23(29)26(22(19)28)18-10-6-3-7-11-18/h2,4-5,8-9,12-14,18H,3,6-7,10-11,15H2,1H3. The summed E-state index contributed by atoms with van der Waals surface area (Å²) in [5.41, 5.74) is 1.36. The van der Waals surface area contributed by atoms with Crippen LogP contribution in [0.15, 0.2) is 48.5 Å². The molecule has 1 heterocycles. The lowest BCUT2D eigenvalue weighted by atomic mass is 9.94. The van der Waals surface area contributed by atoms with Gasteiger partial charge in [0.05, 0.1) is 16.7 Å². The van der Waals surface area contributed by atoms with Crippen molar-refractivity contribution in [2.45, 2.75) is 38.1 Å². The summed E-state index contributed by atoms with van der Waals surface area (Å²) >= 11 is 0. The molecule has 1 fully saturated rings. The lowest BCUT2D eigenvalue weighted by Gasteiger charge is -2.29. The van der Waals surface area contributed by atoms with Gasteiger partial charge in [0.1, 0.15) is 0 Å². The van der Waals surface area contributed by atoms with Crippen LogP contribution in [0.2, 0.25) is 0 Å². The number of amides is 3. The highest BCUT2D eigenvalue weighted by Crippen LogP contribution is 2.31. The molecule has 1 aliphatic carbocycles. The van der Waals surface area contributed by atoms with Gasteiger partial charge >= 0.3 is 5.97 Å². The Hall–Kier alpha value is -3.48. The van der Waals surface area contributed by atoms with Gasteiger partial charge in [0.25, 0.3) is 17.7 Å². The van der Waals surface area contributed by atoms with E-state index in [1.807, 2.05) is 18.2 Å². The van der Waals surface area contributed by atoms with E-state index in [4.69, 9.17) is 4.74 Å². The lowest BCUT2D eigenvalue weighted by molar-refractivity contribution is -0.121. The number of hydrogen-bond donors (Lipinski definition) is 0. The fraction of sp³-hybridized carbons (Fsp3) is 0.333. The predicted octanol–water partition coefficient (Wildman–Crippen LogP) is 3.44. The quantitative estimate of drug-likeness (QED) is 0.547. The van der Waals surface area contributed by atoms with Crippen molar-refractivity contribution in [3.05, 3.63) is 65.2 Å². The molecule has 160 valence electrons. The minimum absolute atomic E-state index is 0.0808. The topological polar surface area (TPSA) is 84.0 Å². The number of esters is 1. The number of benzene rings is 2. The highest BCUT2D eigenvalue weighted by atomic mass is 16.5. The van der Waals surface area contributed by atoms with Gasteiger partial charge in [-0.3, -0.25) is 19.3 Å². The Morgan fingerprint density at radius 2 is 1.65 bits per heavy atom. The SMILES string of the molecule is CN(C(=O)COC(=O)c1ccc2c(c1)C(=O)N(C1CCCCC1)C2=O)c1ccccc1. The summed E-state index contributed by atoms with van der Waals surface area (Å²) in [5, 5.41) is 0. The molecule has 3 amide bonds. The van der Waals surface area contributed by atoms with Crippen LogP contribution in [0.4, 0.5) is 5.69 Å². The molecular formula is C24H24N2O5. The Labute approximate surface area is 180 Å². The van der Waals surface area contributed by atoms with Crippen LogP contribution in [-0.2, 0) is 9.53 Å². The van der Waals surface area contributed by atoms with Gasteiger partial charge in [-0.15, -0.1) is 0 Å². The molecule has 0 bridgehead atoms. The van der Waals surface area contributed by atoms with Crippen LogP contribution in [0.5, 0.6) is 0 Å². The van der Waals surface area contributed by atoms with Crippen LogP contribution in [0.25, 0.3) is 0 Å². The zero-order valence-corrected chi connectivity index (χ0v) is 17.4. The van der Waals surface area contributed by atoms with Crippen LogP contribution in [0.1, 0.15) is 63.2 Å². The first-order valence-electron chi connectivity index (χ1n) is 10.5. The number of anilines is 1. The van der Waals surface area contributed by atoms with Crippen LogP contribution < -0.4 is 4.90 Å². The van der Waals surface area contributed by atoms with Crippen LogP contribution in [0, 0.1) is 0 Å². The molecule has 2 aromatic carbocycles. The molecule has 7 heteroatoms. The number of carbonyl (C=O) groups is 4. The van der Waals surface area contributed by atoms with Crippen molar-refractivity contribution in [1.82, 2.24) is 4.90 Å². The minimum Gasteiger partial charge on any atom is -0.452 e. The molecule has 0 unspecified atom stereocenters. The van der Waals surface area contributed by atoms with Crippen molar-refractivity contribution in [3.63, 3.8) is 0 Å². The van der Waals surface area contributed by atoms with Crippen molar-refractivity contribution in [3.8, 4) is 0 Å². The van der Waals surface area contributed by atoms with Crippen molar-refractivity contribution in [2.75, 3.05) is 18.6 Å². The fourth-order valence-corrected chi connectivity index (χ4v) is 4.16. The Bertz CT molecular complexity index is 1030. The molecule has 0 N–H and O–H groups in total. The van der Waals surface area contributed by atoms with Gasteiger partial charge < -0.3 is 9.64 Å². The smallest absolute Gasteiger partial charge is 0.338 e. The lowest BCUT2D eigenvalue weighted by Crippen LogP contribution is -2.40. The van der Waals surface area contributed by atoms with E-state index >= 15 is 0 Å². The maximum absolute atomic E-state index is 12.9. The Morgan fingerprint density at radius 3 is 2.35 bits per heavy atom. The summed E-state index contributed by atoms with van der Waals surface area (Å²) in [4.78, 5) is 53.2. The summed E-state index contributed by atoms with van der Waals surface area (Å²) in [5.74, 6) is -1.75. The highest BCUT2D eigenvalue weighted by molar-refractivity contribution is 6.22. The van der Waals surface area contributed by atoms with Crippen molar-refractivity contribution >= 4 is 29.4 Å². The fourth-order valence-electron chi connectivity index (χ4n) is 4.16. The molecule has 1 saturated carbocycles. The first-order chi connectivity index (χ1) is 15.0. The number of fused-ring (bicyclic) bond motifs is 1. The summed E-state index contributed by atoms with van der Waals surface area (Å²) in [6, 6.07) is 13.3. The van der Waals surface area contributed by atoms with E-state index < -0.39 is 12.6 Å². The Morgan fingerprint density at radius 1 is 0.968 bits per heavy atom. The summed E-state index contributed by atoms with van der Waals surface area (Å²) < 4.78 is 5.16. The van der Waals surface area contributed by atoms with E-state index in [1.165, 1.54) is 28.0 Å². The molecule has 4 rings (SSSR count). The third kappa shape index (κ3) is 4.08. The minimum atomic E-state index is -0.714. The average Bonchev–Trinajstić information content (AvgIpc) is 3.07. The monoisotopic (exact) mass is 420 g/mol. The second-order valence-electron chi connectivity index (χ2n) is 7.90. The molecule has 0 aromatic heterocycles. The first-order valence-corrected chi connectivity index (χ1v) is 10.5. The molecule has 2 aromatic rings. The van der Waals surface area contributed by atoms with Gasteiger partial charge in [-0.1, -0.05) is 37.5 Å². The molecule has 1 aliphatic heterocycles. The summed E-state index contributed by atoms with van der Waals surface area (Å²) in [7, 11) is 1.60. The molecular weight excluding hydrogens is 396 g/mol. The number of carbonyl (C=O) groups excluding carboxylic acids is 4. The molecule has 0 atom stereocenters. The van der Waals surface area contributed by atoms with E-state index in [-0.39, 0.29) is 34.9 Å². The number of para-hydroxylation sites is 1. The maximum atomic E-state index is 12.9. The zero-order valence-electron chi connectivity index (χ0n) is 17.4. The molecule has 0 radical (unpaired) electrons. The third-order valence-corrected chi connectivity index (χ3v) is 5.94. The van der Waals surface area contributed by atoms with E-state index in [2.05, 4.69) is 0 Å². The van der Waals surface area contributed by atoms with E-state index in [0.29, 0.717) is 11.3 Å². The number of nitrogens with zero attached hydrogens (tertiary/aromatic N) is 2. The van der Waals surface area contributed by atoms with Gasteiger partial charge in [-0.2, -0.15) is 0 Å². The number of ether oxygens (including phenoxy) is 1. The molecule has 31 heavy (non-hydrogen) atoms. The van der Waals surface area contributed by atoms with Gasteiger partial charge in [0, 0.05) is 18.8 Å². The number of hydrogen-bond acceptors (Lipinski definition) is 5. The molecule has 0 saturated heterocycles. The van der Waals surface area contributed by atoms with Crippen molar-refractivity contribution in [2.24, 2.45) is 0 Å². The third-order valence-electron chi connectivity index (χ3n) is 5.94. The summed E-state index contributed by atoms with van der Waals surface area (Å²) in [6.45, 7) is -0.428. The van der Waals surface area contributed by atoms with E-state index in [0.717, 1.165) is 32.1 Å². The number of imide groups is 1. The van der Waals surface area contributed by atoms with Gasteiger partial charge in [-0.05, 0) is 43.2 Å². The average molecular weight is 420 g/mol. The number of likely N-dealkylation sites (N-methyl/N-ethyl adjacent to an activating group) is 1. The molecule has 2 aliphatic rings. The highest BCUT2D eigenvalue weighted by Gasteiger charge is 2.40. The Balaban J connectivity index is 1.43. The van der Waals surface area contributed by atoms with Crippen LogP contribution >= 0.6 is 0 Å². The van der Waals surface area contributed by atoms with Crippen LogP contribution in [0.3, 0.4) is 0 Å². The van der Waals surface area contributed by atoms with Crippen molar-refractivity contribution in [1.29, 1.82) is 0 Å². The summed E-state index contributed by atoms with van der Waals surface area (Å²) in [6.07, 6.45) is 4.75. The van der Waals surface area contributed by atoms with Gasteiger partial charge in [0.2, 0.25) is 0 Å². The molecule has 7 nitrogen and oxygen atoms in total. The zero-order chi connectivity index (χ0) is 22.0. The van der Waals surface area contributed by atoms with Crippen LogP contribution in [-0.4, -0.2) is 48.3 Å². The largest absolute Gasteiger partial charge is 0.452 e. The second kappa shape index (κ2) is 8.71. The number of rotatable bonds is 5. The predicted molar refractivity (Wildman–Crippen MR) is 114 cm³/mol. The van der Waals surface area contributed by atoms with Gasteiger partial charge in [0.15, 0.2) is 6.61 Å². The van der Waals surface area contributed by atoms with E-state index in [9.17, 15) is 19.2 Å². The normalized spacial score (nSPS) is 16.2. The maximum Gasteiger partial charge on any atom is 0.338 e. The second-order valence-corrected chi connectivity index (χ2v) is 7.90. The van der Waals surface area contributed by atoms with E-state index in [1.54, 1.807) is 19.2 Å². The van der Waals surface area contributed by atoms with Crippen molar-refractivity contribution < 1.29 is 23.9 Å². The first kappa shape index (κ1) is 20.8. The molecule has 0 spiro atoms.